The van der Waals surface area contributed by atoms with Crippen molar-refractivity contribution in [1.82, 2.24) is 23.3 Å². The van der Waals surface area contributed by atoms with E-state index in [0.717, 1.165) is 90.2 Å². The summed E-state index contributed by atoms with van der Waals surface area (Å²) >= 11 is 0. The molecule has 2 unspecified atom stereocenters. The maximum atomic E-state index is 6.38. The molecule has 0 aliphatic carbocycles. The normalized spacial score (nSPS) is 12.1. The smallest absolute Gasteiger partial charge is 0.151 e. The SMILES string of the molecule is c1ccc(N(c2ccccc2)c2cc3c4c(c2)n(-c2ccccc2)c2nc5c(cc2p4c2ccccc2n3-c2ccccc2)p2c3ccccc3n(-c3ccccc3)c3cc(N(c4ccccc4)c4ccccc4)cc(c32)n5-c2ccccc2)cc1. The zero-order valence-electron chi connectivity index (χ0n) is 46.6. The zero-order chi connectivity index (χ0) is 56.7. The van der Waals surface area contributed by atoms with Crippen molar-refractivity contribution in [2.24, 2.45) is 0 Å². The van der Waals surface area contributed by atoms with Gasteiger partial charge < -0.3 is 18.9 Å². The highest BCUT2D eigenvalue weighted by Crippen LogP contribution is 2.58. The molecular weight excluding hydrogens is 1080 g/mol. The molecule has 0 radical (unpaired) electrons. The molecule has 0 aliphatic heterocycles. The van der Waals surface area contributed by atoms with Gasteiger partial charge in [-0.15, -0.1) is 0 Å². The number of pyridine rings is 1. The Labute approximate surface area is 498 Å². The van der Waals surface area contributed by atoms with Crippen molar-refractivity contribution in [3.05, 3.63) is 322 Å². The van der Waals surface area contributed by atoms with E-state index < -0.39 is 14.7 Å². The molecular formula is C77H53N7P2. The molecule has 0 N–H and O–H groups in total. The Morgan fingerprint density at radius 2 is 0.477 bits per heavy atom. The van der Waals surface area contributed by atoms with Crippen LogP contribution in [0.1, 0.15) is 0 Å². The van der Waals surface area contributed by atoms with E-state index in [1.54, 1.807) is 0 Å². The van der Waals surface area contributed by atoms with Gasteiger partial charge in [-0.25, -0.2) is 4.98 Å². The van der Waals surface area contributed by atoms with Gasteiger partial charge in [-0.2, -0.15) is 0 Å². The van der Waals surface area contributed by atoms with Crippen molar-refractivity contribution in [3.63, 3.8) is 0 Å². The van der Waals surface area contributed by atoms with Gasteiger partial charge in [-0.3, -0.25) is 9.13 Å². The fraction of sp³-hybridized carbons (Fsp3) is 0. The van der Waals surface area contributed by atoms with Gasteiger partial charge in [-0.1, -0.05) is 185 Å². The quantitative estimate of drug-likeness (QED) is 0.101. The average molecular weight is 1140 g/mol. The predicted molar refractivity (Wildman–Crippen MR) is 365 cm³/mol. The topological polar surface area (TPSA) is 39.1 Å². The van der Waals surface area contributed by atoms with Crippen LogP contribution < -0.4 is 9.80 Å². The summed E-state index contributed by atoms with van der Waals surface area (Å²) < 4.78 is 9.98. The molecule has 17 aromatic rings. The molecule has 7 nitrogen and oxygen atoms in total. The van der Waals surface area contributed by atoms with Gasteiger partial charge in [0.2, 0.25) is 0 Å². The lowest BCUT2D eigenvalue weighted by Gasteiger charge is -2.30. The van der Waals surface area contributed by atoms with Crippen LogP contribution in [0.3, 0.4) is 0 Å². The Morgan fingerprint density at radius 3 is 0.791 bits per heavy atom. The van der Waals surface area contributed by atoms with Crippen LogP contribution in [0.4, 0.5) is 34.1 Å². The van der Waals surface area contributed by atoms with E-state index in [2.05, 4.69) is 350 Å². The highest BCUT2D eigenvalue weighted by Gasteiger charge is 2.28. The highest BCUT2D eigenvalue weighted by atomic mass is 31.1. The first kappa shape index (κ1) is 49.8. The van der Waals surface area contributed by atoms with Gasteiger partial charge in [0.05, 0.1) is 44.5 Å². The lowest BCUT2D eigenvalue weighted by Crippen LogP contribution is -2.12. The number of benzene rings is 12. The molecule has 5 aromatic heterocycles. The lowest BCUT2D eigenvalue weighted by atomic mass is 10.1. The first-order valence-corrected chi connectivity index (χ1v) is 31.8. The summed E-state index contributed by atoms with van der Waals surface area (Å²) in [7, 11) is -2.51. The van der Waals surface area contributed by atoms with Crippen LogP contribution >= 0.6 is 14.7 Å². The van der Waals surface area contributed by atoms with E-state index >= 15 is 0 Å². The van der Waals surface area contributed by atoms with Crippen LogP contribution in [0.2, 0.25) is 0 Å². The van der Waals surface area contributed by atoms with Crippen LogP contribution in [0, 0.1) is 0 Å². The first-order chi connectivity index (χ1) is 42.7. The van der Waals surface area contributed by atoms with E-state index in [1.165, 1.54) is 41.7 Å². The van der Waals surface area contributed by atoms with E-state index in [1.807, 2.05) is 0 Å². The van der Waals surface area contributed by atoms with E-state index in [-0.39, 0.29) is 0 Å². The fourth-order valence-electron chi connectivity index (χ4n) is 13.2. The molecule has 9 heteroatoms. The van der Waals surface area contributed by atoms with Crippen molar-refractivity contribution in [2.75, 3.05) is 9.80 Å². The molecule has 0 spiro atoms. The average Bonchev–Trinajstić information content (AvgIpc) is 0.707. The number of para-hydroxylation sites is 10. The third-order valence-corrected chi connectivity index (χ3v) is 21.9. The summed E-state index contributed by atoms with van der Waals surface area (Å²) in [6.07, 6.45) is 0. The Hall–Kier alpha value is -10.8. The number of aromatic nitrogens is 5. The minimum absolute atomic E-state index is 0.924. The summed E-state index contributed by atoms with van der Waals surface area (Å²) in [5.74, 6) is 0. The number of rotatable bonds is 10. The standard InChI is InChI=1S/C77H53N7P2/c1-9-29-54(30-10-1)79(55-31-11-2-12-32-55)62-49-66-74-68(51-62)83(60-41-21-7-22-42-60)76-72(85(74)70-47-27-25-45-64(70)81(66)58-37-17-5-18-38-58)53-73-77(78-76)84(61-43-23-8-24-44-61)69-52-63(80(56-33-13-3-14-34-56)57-35-15-4-16-36-57)50-67-75(69)86(73)71-48-28-26-46-65(71)82(67)59-39-19-6-20-40-59/h1-53H. The predicted octanol–water partition coefficient (Wildman–Crippen LogP) is 22.1. The van der Waals surface area contributed by atoms with E-state index in [9.17, 15) is 0 Å². The van der Waals surface area contributed by atoms with Gasteiger partial charge in [0, 0.05) is 76.2 Å². The Kier molecular flexibility index (Phi) is 11.9. The molecule has 406 valence electrons. The molecule has 17 rings (SSSR count). The zero-order valence-corrected chi connectivity index (χ0v) is 48.4. The highest BCUT2D eigenvalue weighted by molar-refractivity contribution is 7.64. The van der Waals surface area contributed by atoms with Crippen LogP contribution in [-0.4, -0.2) is 23.3 Å². The van der Waals surface area contributed by atoms with Crippen molar-refractivity contribution in [1.29, 1.82) is 0 Å². The largest absolute Gasteiger partial charge is 0.310 e. The third kappa shape index (κ3) is 7.94. The molecule has 86 heavy (non-hydrogen) atoms. The second-order valence-electron chi connectivity index (χ2n) is 21.7. The van der Waals surface area contributed by atoms with Crippen molar-refractivity contribution in [2.45, 2.75) is 0 Å². The Bertz CT molecular complexity index is 5020. The van der Waals surface area contributed by atoms with Gasteiger partial charge in [0.15, 0.2) is 11.3 Å². The van der Waals surface area contributed by atoms with Crippen LogP contribution in [0.5, 0.6) is 0 Å². The molecule has 12 aromatic carbocycles. The van der Waals surface area contributed by atoms with Crippen LogP contribution in [0.15, 0.2) is 322 Å². The number of nitrogens with zero attached hydrogens (tertiary/aromatic N) is 7. The number of hydrogen-bond acceptors (Lipinski definition) is 3. The van der Waals surface area contributed by atoms with E-state index in [4.69, 9.17) is 4.98 Å². The van der Waals surface area contributed by atoms with Crippen molar-refractivity contribution < 1.29 is 0 Å². The summed E-state index contributed by atoms with van der Waals surface area (Å²) in [6.45, 7) is 0. The summed E-state index contributed by atoms with van der Waals surface area (Å²) in [5, 5.41) is 7.63. The van der Waals surface area contributed by atoms with E-state index in [0.29, 0.717) is 0 Å². The fourth-order valence-corrected chi connectivity index (χ4v) is 18.9. The molecule has 0 fully saturated rings. The molecule has 0 amide bonds. The Morgan fingerprint density at radius 1 is 0.221 bits per heavy atom. The van der Waals surface area contributed by atoms with Gasteiger partial charge in [0.1, 0.15) is 0 Å². The second kappa shape index (κ2) is 20.5. The molecule has 0 aliphatic rings. The maximum absolute atomic E-state index is 6.38. The monoisotopic (exact) mass is 1140 g/mol. The van der Waals surface area contributed by atoms with Crippen molar-refractivity contribution >= 4 is 124 Å². The summed E-state index contributed by atoms with van der Waals surface area (Å²) in [4.78, 5) is 11.2. The molecule has 0 saturated carbocycles. The van der Waals surface area contributed by atoms with Gasteiger partial charge in [0.25, 0.3) is 0 Å². The van der Waals surface area contributed by atoms with Crippen LogP contribution in [-0.2, 0) is 0 Å². The second-order valence-corrected chi connectivity index (χ2v) is 25.8. The maximum Gasteiger partial charge on any atom is 0.151 e. The number of anilines is 6. The van der Waals surface area contributed by atoms with Crippen LogP contribution in [0.25, 0.3) is 97.9 Å². The molecule has 5 heterocycles. The third-order valence-electron chi connectivity index (χ3n) is 16.7. The molecule has 0 saturated heterocycles. The number of fused-ring (bicyclic) bond motifs is 8. The first-order valence-electron chi connectivity index (χ1n) is 29.1. The number of hydrogen-bond donors (Lipinski definition) is 0. The summed E-state index contributed by atoms with van der Waals surface area (Å²) in [6, 6.07) is 118. The summed E-state index contributed by atoms with van der Waals surface area (Å²) in [5.41, 5.74) is 19.3. The minimum atomic E-state index is -1.26. The molecule has 0 bridgehead atoms. The Balaban J connectivity index is 1.13. The molecule has 2 atom stereocenters. The van der Waals surface area contributed by atoms with Gasteiger partial charge >= 0.3 is 0 Å². The lowest BCUT2D eigenvalue weighted by molar-refractivity contribution is 1.09. The van der Waals surface area contributed by atoms with Crippen molar-refractivity contribution in [3.8, 4) is 22.7 Å². The minimum Gasteiger partial charge on any atom is -0.310 e. The van der Waals surface area contributed by atoms with Gasteiger partial charge in [-0.05, 0) is 152 Å².